The number of esters is 1. The lowest BCUT2D eigenvalue weighted by Crippen LogP contribution is -2.54. The molecule has 3 amide bonds. The van der Waals surface area contributed by atoms with Crippen LogP contribution >= 0.6 is 0 Å². The van der Waals surface area contributed by atoms with Gasteiger partial charge in [0.05, 0.1) is 13.0 Å². The first-order chi connectivity index (χ1) is 19.0. The summed E-state index contributed by atoms with van der Waals surface area (Å²) in [6, 6.07) is 13.9. The van der Waals surface area contributed by atoms with E-state index in [9.17, 15) is 19.2 Å². The molecule has 2 aromatic rings. The van der Waals surface area contributed by atoms with E-state index < -0.39 is 41.6 Å². The van der Waals surface area contributed by atoms with E-state index in [1.165, 1.54) is 4.90 Å². The van der Waals surface area contributed by atoms with Gasteiger partial charge < -0.3 is 25.0 Å². The molecule has 2 rings (SSSR count). The molecule has 2 unspecified atom stereocenters. The van der Waals surface area contributed by atoms with Crippen molar-refractivity contribution >= 4 is 23.9 Å². The summed E-state index contributed by atoms with van der Waals surface area (Å²) in [4.78, 5) is 53.7. The average Bonchev–Trinajstić information content (AvgIpc) is 2.90. The number of nitrogens with zero attached hydrogens (tertiary/aromatic N) is 1. The molecule has 0 radical (unpaired) electrons. The second-order valence-electron chi connectivity index (χ2n) is 9.99. The third-order valence-corrected chi connectivity index (χ3v) is 5.80. The van der Waals surface area contributed by atoms with Crippen LogP contribution < -0.4 is 10.6 Å². The fraction of sp³-hybridized carbons (Fsp3) is 0.419. The maximum Gasteiger partial charge on any atom is 0.408 e. The van der Waals surface area contributed by atoms with Crippen molar-refractivity contribution in [2.75, 3.05) is 19.7 Å². The Morgan fingerprint density at radius 2 is 1.65 bits per heavy atom. The Labute approximate surface area is 236 Å². The zero-order valence-corrected chi connectivity index (χ0v) is 23.9. The van der Waals surface area contributed by atoms with Crippen molar-refractivity contribution in [1.29, 1.82) is 0 Å². The van der Waals surface area contributed by atoms with Gasteiger partial charge in [-0.1, -0.05) is 54.5 Å². The second-order valence-corrected chi connectivity index (χ2v) is 9.99. The predicted molar refractivity (Wildman–Crippen MR) is 152 cm³/mol. The number of carbonyl (C=O) groups is 4. The molecule has 9 heteroatoms. The van der Waals surface area contributed by atoms with Gasteiger partial charge >= 0.3 is 12.1 Å². The summed E-state index contributed by atoms with van der Waals surface area (Å²) in [5.41, 5.74) is 0.929. The fourth-order valence-corrected chi connectivity index (χ4v) is 4.10. The summed E-state index contributed by atoms with van der Waals surface area (Å²) in [6.45, 7) is 9.01. The molecule has 0 saturated carbocycles. The maximum absolute atomic E-state index is 14.1. The first-order valence-corrected chi connectivity index (χ1v) is 13.3. The highest BCUT2D eigenvalue weighted by molar-refractivity contribution is 5.92. The van der Waals surface area contributed by atoms with E-state index in [1.54, 1.807) is 58.9 Å². The predicted octanol–water partition coefficient (Wildman–Crippen LogP) is 3.76. The molecular formula is C31H39N3O6. The molecule has 0 spiro atoms. The number of nitrogens with one attached hydrogen (secondary N) is 2. The van der Waals surface area contributed by atoms with E-state index >= 15 is 0 Å². The van der Waals surface area contributed by atoms with Crippen LogP contribution in [0.1, 0.15) is 63.8 Å². The number of hydrogen-bond acceptors (Lipinski definition) is 6. The Morgan fingerprint density at radius 1 is 1.00 bits per heavy atom. The zero-order chi connectivity index (χ0) is 29.7. The van der Waals surface area contributed by atoms with Crippen molar-refractivity contribution in [3.05, 3.63) is 71.3 Å². The van der Waals surface area contributed by atoms with Crippen LogP contribution in [0.5, 0.6) is 0 Å². The molecule has 0 heterocycles. The van der Waals surface area contributed by atoms with E-state index in [0.29, 0.717) is 11.1 Å². The first kappa shape index (κ1) is 31.9. The van der Waals surface area contributed by atoms with Crippen molar-refractivity contribution in [2.24, 2.45) is 0 Å². The number of benzene rings is 2. The van der Waals surface area contributed by atoms with Crippen molar-refractivity contribution < 1.29 is 28.7 Å². The van der Waals surface area contributed by atoms with Crippen molar-refractivity contribution in [3.8, 4) is 12.3 Å². The van der Waals surface area contributed by atoms with E-state index in [2.05, 4.69) is 16.6 Å². The van der Waals surface area contributed by atoms with Crippen LogP contribution in [0.25, 0.3) is 0 Å². The number of alkyl carbamates (subject to hydrolysis) is 1. The first-order valence-electron chi connectivity index (χ1n) is 13.3. The molecule has 214 valence electrons. The highest BCUT2D eigenvalue weighted by atomic mass is 16.6. The fourth-order valence-electron chi connectivity index (χ4n) is 4.10. The quantitative estimate of drug-likeness (QED) is 0.308. The molecule has 0 saturated heterocycles. The highest BCUT2D eigenvalue weighted by Gasteiger charge is 2.36. The van der Waals surface area contributed by atoms with Crippen LogP contribution in [0.15, 0.2) is 54.6 Å². The van der Waals surface area contributed by atoms with Crippen molar-refractivity contribution in [1.82, 2.24) is 15.5 Å². The third kappa shape index (κ3) is 9.77. The molecular weight excluding hydrogens is 510 g/mol. The van der Waals surface area contributed by atoms with Gasteiger partial charge in [0.1, 0.15) is 17.7 Å². The minimum absolute atomic E-state index is 0.0156. The Bertz CT molecular complexity index is 1200. The molecule has 0 bridgehead atoms. The Kier molecular flexibility index (Phi) is 12.2. The minimum atomic E-state index is -1.12. The van der Waals surface area contributed by atoms with Crippen LogP contribution in [-0.2, 0) is 30.3 Å². The maximum atomic E-state index is 14.1. The van der Waals surface area contributed by atoms with Gasteiger partial charge in [-0.25, -0.2) is 4.79 Å². The lowest BCUT2D eigenvalue weighted by molar-refractivity contribution is -0.144. The van der Waals surface area contributed by atoms with Crippen LogP contribution in [0.2, 0.25) is 0 Å². The van der Waals surface area contributed by atoms with E-state index in [1.807, 2.05) is 30.3 Å². The number of likely N-dealkylation sites (N-methyl/N-ethyl adjacent to an activating group) is 1. The molecule has 2 aromatic carbocycles. The smallest absolute Gasteiger partial charge is 0.408 e. The number of terminal acetylenes is 1. The van der Waals surface area contributed by atoms with E-state index in [0.717, 1.165) is 5.56 Å². The average molecular weight is 550 g/mol. The normalized spacial score (nSPS) is 12.3. The lowest BCUT2D eigenvalue weighted by Gasteiger charge is -2.34. The number of carbonyl (C=O) groups excluding carboxylic acids is 4. The monoisotopic (exact) mass is 549 g/mol. The number of rotatable bonds is 12. The van der Waals surface area contributed by atoms with Gasteiger partial charge in [0.25, 0.3) is 0 Å². The van der Waals surface area contributed by atoms with Crippen molar-refractivity contribution in [2.45, 2.75) is 65.1 Å². The number of hydrogen-bond donors (Lipinski definition) is 2. The standard InChI is InChI=1S/C31H39N3O6/c1-7-23-17-13-14-18-24(23)27(28(36)32-20-19-26(35)39-9-3)34(8-2)29(37)25(21-22-15-11-10-12-16-22)33-30(38)40-31(4,5)6/h1,10-18,25,27H,8-9,19-21H2,2-6H3,(H,32,36)(H,33,38). The van der Waals surface area contributed by atoms with Crippen LogP contribution in [0, 0.1) is 12.3 Å². The lowest BCUT2D eigenvalue weighted by atomic mass is 9.96. The molecule has 0 aromatic heterocycles. The van der Waals surface area contributed by atoms with E-state index in [-0.39, 0.29) is 32.5 Å². The van der Waals surface area contributed by atoms with Gasteiger partial charge in [0.2, 0.25) is 11.8 Å². The summed E-state index contributed by atoms with van der Waals surface area (Å²) < 4.78 is 10.4. The largest absolute Gasteiger partial charge is 0.466 e. The summed E-state index contributed by atoms with van der Waals surface area (Å²) >= 11 is 0. The Balaban J connectivity index is 2.46. The van der Waals surface area contributed by atoms with Gasteiger partial charge in [0, 0.05) is 25.1 Å². The SMILES string of the molecule is C#Cc1ccccc1C(C(=O)NCCC(=O)OCC)N(CC)C(=O)C(Cc1ccccc1)NC(=O)OC(C)(C)C. The molecule has 0 aliphatic rings. The third-order valence-electron chi connectivity index (χ3n) is 5.80. The van der Waals surface area contributed by atoms with Crippen LogP contribution in [0.3, 0.4) is 0 Å². The van der Waals surface area contributed by atoms with Gasteiger partial charge in [-0.2, -0.15) is 0 Å². The molecule has 0 aliphatic heterocycles. The second kappa shape index (κ2) is 15.3. The summed E-state index contributed by atoms with van der Waals surface area (Å²) in [5.74, 6) is 1.13. The molecule has 2 atom stereocenters. The summed E-state index contributed by atoms with van der Waals surface area (Å²) in [5, 5.41) is 5.43. The topological polar surface area (TPSA) is 114 Å². The molecule has 9 nitrogen and oxygen atoms in total. The van der Waals surface area contributed by atoms with Crippen LogP contribution in [0.4, 0.5) is 4.79 Å². The zero-order valence-electron chi connectivity index (χ0n) is 23.9. The molecule has 0 aliphatic carbocycles. The minimum Gasteiger partial charge on any atom is -0.466 e. The highest BCUT2D eigenvalue weighted by Crippen LogP contribution is 2.26. The van der Waals surface area contributed by atoms with Gasteiger partial charge in [-0.05, 0) is 51.8 Å². The molecule has 2 N–H and O–H groups in total. The van der Waals surface area contributed by atoms with Gasteiger partial charge in [-0.15, -0.1) is 6.42 Å². The van der Waals surface area contributed by atoms with Crippen LogP contribution in [-0.4, -0.2) is 60.1 Å². The Hall–Kier alpha value is -4.32. The van der Waals surface area contributed by atoms with Gasteiger partial charge in [0.15, 0.2) is 0 Å². The summed E-state index contributed by atoms with van der Waals surface area (Å²) in [7, 11) is 0. The van der Waals surface area contributed by atoms with Crippen molar-refractivity contribution in [3.63, 3.8) is 0 Å². The molecule has 40 heavy (non-hydrogen) atoms. The van der Waals surface area contributed by atoms with Gasteiger partial charge in [-0.3, -0.25) is 14.4 Å². The number of ether oxygens (including phenoxy) is 2. The Morgan fingerprint density at radius 3 is 2.25 bits per heavy atom. The van der Waals surface area contributed by atoms with E-state index in [4.69, 9.17) is 15.9 Å². The molecule has 0 fully saturated rings. The number of amides is 3. The summed E-state index contributed by atoms with van der Waals surface area (Å²) in [6.07, 6.45) is 5.14.